The zero-order valence-electron chi connectivity index (χ0n) is 38.0. The Balaban J connectivity index is 0.00000578. The molecule has 0 aliphatic rings. The van der Waals surface area contributed by atoms with E-state index in [4.69, 9.17) is 9.97 Å². The fraction of sp³-hybridized carbons (Fsp3) is 0.263. The molecule has 6 aromatic carbocycles. The topological polar surface area (TPSA) is 50.9 Å². The summed E-state index contributed by atoms with van der Waals surface area (Å²) >= 11 is 0. The summed E-state index contributed by atoms with van der Waals surface area (Å²) in [4.78, 5) is 10.4. The third-order valence-corrected chi connectivity index (χ3v) is 12.9. The van der Waals surface area contributed by atoms with Crippen molar-refractivity contribution in [3.63, 3.8) is 0 Å². The van der Waals surface area contributed by atoms with E-state index in [2.05, 4.69) is 202 Å². The molecule has 1 N–H and O–H groups in total. The quantitative estimate of drug-likeness (QED) is 0.162. The second-order valence-corrected chi connectivity index (χ2v) is 20.1. The number of nitrogens with zero attached hydrogens (tertiary/aromatic N) is 3. The average Bonchev–Trinajstić information content (AvgIpc) is 3.62. The molecule has 2 aromatic heterocycles. The van der Waals surface area contributed by atoms with Crippen LogP contribution in [0.1, 0.15) is 92.9 Å². The predicted molar refractivity (Wildman–Crippen MR) is 256 cm³/mol. The Morgan fingerprint density at radius 1 is 0.516 bits per heavy atom. The molecule has 8 aromatic rings. The second-order valence-electron chi connectivity index (χ2n) is 20.1. The fourth-order valence-corrected chi connectivity index (χ4v) is 8.01. The van der Waals surface area contributed by atoms with Crippen molar-refractivity contribution in [3.8, 4) is 67.5 Å². The van der Waals surface area contributed by atoms with Gasteiger partial charge in [0, 0.05) is 38.5 Å². The van der Waals surface area contributed by atoms with E-state index in [1.165, 1.54) is 16.7 Å². The number of pyridine rings is 1. The Bertz CT molecular complexity index is 2880. The first-order valence-electron chi connectivity index (χ1n) is 21.5. The van der Waals surface area contributed by atoms with Gasteiger partial charge in [-0.1, -0.05) is 178 Å². The summed E-state index contributed by atoms with van der Waals surface area (Å²) in [5.74, 6) is 0.843. The zero-order valence-corrected chi connectivity index (χ0v) is 40.2. The summed E-state index contributed by atoms with van der Waals surface area (Å²) in [6.45, 7) is 25.1. The molecule has 0 aliphatic heterocycles. The van der Waals surface area contributed by atoms with Crippen molar-refractivity contribution in [1.82, 2.24) is 14.5 Å². The van der Waals surface area contributed by atoms with Crippen molar-refractivity contribution in [3.05, 3.63) is 168 Å². The van der Waals surface area contributed by atoms with E-state index in [0.29, 0.717) is 11.4 Å². The van der Waals surface area contributed by atoms with Gasteiger partial charge in [0.05, 0.1) is 22.3 Å². The number of imidazole rings is 1. The van der Waals surface area contributed by atoms with Gasteiger partial charge in [0.2, 0.25) is 0 Å². The number of aromatic nitrogens is 3. The van der Waals surface area contributed by atoms with Gasteiger partial charge in [0.15, 0.2) is 0 Å². The number of benzene rings is 6. The Kier molecular flexibility index (Phi) is 11.9. The monoisotopic (exact) mass is 995 g/mol. The second kappa shape index (κ2) is 16.6. The van der Waals surface area contributed by atoms with Gasteiger partial charge in [-0.15, -0.1) is 29.3 Å². The zero-order chi connectivity index (χ0) is 43.5. The first-order valence-corrected chi connectivity index (χ1v) is 21.5. The maximum Gasteiger partial charge on any atom is 0.148 e. The fourth-order valence-electron chi connectivity index (χ4n) is 8.01. The molecule has 0 atom stereocenters. The van der Waals surface area contributed by atoms with E-state index in [1.807, 2.05) is 24.4 Å². The summed E-state index contributed by atoms with van der Waals surface area (Å²) < 4.78 is 2.22. The van der Waals surface area contributed by atoms with Gasteiger partial charge >= 0.3 is 0 Å². The Morgan fingerprint density at radius 3 is 1.81 bits per heavy atom. The summed E-state index contributed by atoms with van der Waals surface area (Å²) in [7, 11) is 0. The van der Waals surface area contributed by atoms with Crippen LogP contribution >= 0.6 is 0 Å². The van der Waals surface area contributed by atoms with Crippen molar-refractivity contribution >= 4 is 11.0 Å². The van der Waals surface area contributed by atoms with Crippen LogP contribution in [0.3, 0.4) is 0 Å². The summed E-state index contributed by atoms with van der Waals surface area (Å²) in [5, 5.41) is 11.4. The van der Waals surface area contributed by atoms with Crippen LogP contribution in [0, 0.1) is 11.5 Å². The number of rotatable bonds is 7. The van der Waals surface area contributed by atoms with Crippen LogP contribution in [-0.4, -0.2) is 19.6 Å². The Labute approximate surface area is 383 Å². The molecule has 5 heteroatoms. The number of phenols is 1. The minimum absolute atomic E-state index is 0. The smallest absolute Gasteiger partial charge is 0.148 e. The SMILES string of the molecule is CC(C)(C)c1cc(-c2cc(-c3ccc(C(C)(C)C(C)(C)C)cc3)ccn2)[c-]c(-c2cccc3c2nc(-c2ccccc2O)n3-c2ccc(C(C)(C)C)cc2-c2ccccc2)c1.[Pt]. The van der Waals surface area contributed by atoms with E-state index in [-0.39, 0.29) is 48.5 Å². The largest absolute Gasteiger partial charge is 0.507 e. The van der Waals surface area contributed by atoms with Crippen LogP contribution in [0.15, 0.2) is 146 Å². The first kappa shape index (κ1) is 44.5. The molecule has 0 unspecified atom stereocenters. The van der Waals surface area contributed by atoms with E-state index in [1.54, 1.807) is 6.07 Å². The van der Waals surface area contributed by atoms with Gasteiger partial charge in [-0.3, -0.25) is 9.55 Å². The molecule has 8 rings (SSSR count). The molecule has 0 saturated carbocycles. The van der Waals surface area contributed by atoms with Gasteiger partial charge in [0.1, 0.15) is 11.6 Å². The van der Waals surface area contributed by atoms with Gasteiger partial charge in [-0.25, -0.2) is 4.98 Å². The molecule has 62 heavy (non-hydrogen) atoms. The Morgan fingerprint density at radius 2 is 1.15 bits per heavy atom. The molecule has 318 valence electrons. The van der Waals surface area contributed by atoms with E-state index in [0.717, 1.165) is 61.4 Å². The molecule has 2 heterocycles. The van der Waals surface area contributed by atoms with Gasteiger partial charge in [-0.2, -0.15) is 0 Å². The number of fused-ring (bicyclic) bond motifs is 1. The molecule has 0 amide bonds. The standard InChI is InChI=1S/C57H58N3O.Pt/c1-54(2,3)43-28-29-49(47(36-43)38-18-13-12-14-19-38)60-50-22-17-21-45(52(50)59-53(60)46-20-15-16-23-51(46)61)40-32-41(34-44(33-40)55(4,5)6)48-35-39(30-31-58-48)37-24-26-42(27-25-37)57(10,11)56(7,8)9;/h12-31,33-36,61H,1-11H3;/q-1;. The summed E-state index contributed by atoms with van der Waals surface area (Å²) in [6.07, 6.45) is 1.91. The number of aromatic hydroxyl groups is 1. The van der Waals surface area contributed by atoms with Crippen molar-refractivity contribution in [2.75, 3.05) is 0 Å². The first-order chi connectivity index (χ1) is 28.8. The van der Waals surface area contributed by atoms with Crippen LogP contribution in [-0.2, 0) is 37.3 Å². The maximum absolute atomic E-state index is 11.4. The molecule has 0 spiro atoms. The van der Waals surface area contributed by atoms with Gasteiger partial charge < -0.3 is 5.11 Å². The minimum Gasteiger partial charge on any atom is -0.507 e. The molecule has 0 fully saturated rings. The van der Waals surface area contributed by atoms with Crippen molar-refractivity contribution in [2.24, 2.45) is 5.41 Å². The van der Waals surface area contributed by atoms with E-state index >= 15 is 0 Å². The number of para-hydroxylation sites is 2. The van der Waals surface area contributed by atoms with Crippen molar-refractivity contribution < 1.29 is 26.2 Å². The third kappa shape index (κ3) is 8.47. The number of hydrogen-bond donors (Lipinski definition) is 1. The van der Waals surface area contributed by atoms with Crippen LogP contribution in [0.4, 0.5) is 0 Å². The van der Waals surface area contributed by atoms with Crippen molar-refractivity contribution in [1.29, 1.82) is 0 Å². The van der Waals surface area contributed by atoms with E-state index in [9.17, 15) is 5.11 Å². The Hall–Kier alpha value is -5.57. The molecule has 0 saturated heterocycles. The van der Waals surface area contributed by atoms with Gasteiger partial charge in [-0.05, 0) is 85.9 Å². The van der Waals surface area contributed by atoms with Gasteiger partial charge in [0.25, 0.3) is 0 Å². The molecule has 0 bridgehead atoms. The summed E-state index contributed by atoms with van der Waals surface area (Å²) in [5.41, 5.74) is 15.3. The maximum atomic E-state index is 11.4. The van der Waals surface area contributed by atoms with E-state index < -0.39 is 0 Å². The molecular formula is C57H58N3OPt-. The normalized spacial score (nSPS) is 12.4. The number of phenolic OH excluding ortho intramolecular Hbond substituents is 1. The van der Waals surface area contributed by atoms with Crippen LogP contribution in [0.5, 0.6) is 5.75 Å². The minimum atomic E-state index is -0.153. The molecule has 0 radical (unpaired) electrons. The molecular weight excluding hydrogens is 938 g/mol. The van der Waals surface area contributed by atoms with Crippen LogP contribution in [0.2, 0.25) is 0 Å². The predicted octanol–water partition coefficient (Wildman–Crippen LogP) is 15.2. The third-order valence-electron chi connectivity index (χ3n) is 12.9. The summed E-state index contributed by atoms with van der Waals surface area (Å²) in [6, 6.07) is 52.8. The number of hydrogen-bond acceptors (Lipinski definition) is 3. The molecule has 4 nitrogen and oxygen atoms in total. The van der Waals surface area contributed by atoms with Crippen LogP contribution in [0.25, 0.3) is 72.7 Å². The van der Waals surface area contributed by atoms with Crippen molar-refractivity contribution in [2.45, 2.75) is 92.4 Å². The van der Waals surface area contributed by atoms with Crippen LogP contribution < -0.4 is 0 Å². The molecule has 0 aliphatic carbocycles. The average molecular weight is 996 g/mol.